The van der Waals surface area contributed by atoms with Crippen LogP contribution in [0.1, 0.15) is 20.3 Å². The highest BCUT2D eigenvalue weighted by Crippen LogP contribution is 2.42. The lowest BCUT2D eigenvalue weighted by atomic mass is 10.1. The molecule has 0 nitrogen and oxygen atoms in total. The van der Waals surface area contributed by atoms with Crippen LogP contribution in [0.25, 0.3) is 0 Å². The minimum Gasteiger partial charge on any atom is -0.160 e. The Labute approximate surface area is 77.1 Å². The van der Waals surface area contributed by atoms with Crippen molar-refractivity contribution < 1.29 is 13.2 Å². The molecule has 0 heterocycles. The molecule has 0 rings (SSSR count). The first-order chi connectivity index (χ1) is 4.77. The van der Waals surface area contributed by atoms with Crippen molar-refractivity contribution in [3.63, 3.8) is 0 Å². The second kappa shape index (κ2) is 4.03. The summed E-state index contributed by atoms with van der Waals surface area (Å²) in [5, 5.41) is 0.600. The van der Waals surface area contributed by atoms with Gasteiger partial charge in [0.15, 0.2) is 0 Å². The molecule has 0 aliphatic rings. The summed E-state index contributed by atoms with van der Waals surface area (Å²) in [6, 6.07) is 0. The third-order valence-corrected chi connectivity index (χ3v) is 2.47. The molecule has 0 saturated carbocycles. The number of halogens is 4. The molecule has 0 amide bonds. The van der Waals surface area contributed by atoms with Gasteiger partial charge in [0, 0.05) is 10.1 Å². The smallest absolute Gasteiger partial charge is 0.160 e. The van der Waals surface area contributed by atoms with Gasteiger partial charge in [-0.1, -0.05) is 29.8 Å². The summed E-state index contributed by atoms with van der Waals surface area (Å²) in [5.74, 6) is 0. The van der Waals surface area contributed by atoms with Gasteiger partial charge in [0.1, 0.15) is 0 Å². The van der Waals surface area contributed by atoms with E-state index in [1.807, 2.05) is 0 Å². The zero-order chi connectivity index (χ0) is 9.12. The largest absolute Gasteiger partial charge is 0.442 e. The minimum atomic E-state index is -4.12. The molecule has 0 aliphatic heterocycles. The van der Waals surface area contributed by atoms with Crippen LogP contribution < -0.4 is 0 Å². The van der Waals surface area contributed by atoms with Gasteiger partial charge in [0.25, 0.3) is 0 Å². The van der Waals surface area contributed by atoms with Crippen molar-refractivity contribution in [2.24, 2.45) is 0 Å². The fourth-order valence-electron chi connectivity index (χ4n) is 0.592. The maximum absolute atomic E-state index is 11.8. The van der Waals surface area contributed by atoms with Crippen molar-refractivity contribution in [2.45, 2.75) is 30.5 Å². The number of rotatable bonds is 3. The molecule has 0 radical (unpaired) electrons. The first kappa shape index (κ1) is 11.6. The first-order valence-corrected chi connectivity index (χ1v) is 5.03. The number of thioether (sulfide) groups is 1. The topological polar surface area (TPSA) is 0 Å². The maximum atomic E-state index is 11.8. The van der Waals surface area contributed by atoms with Gasteiger partial charge in [0.2, 0.25) is 0 Å². The SMILES string of the molecule is CC(C)(CCBr)SC(F)(F)F. The molecular weight excluding hydrogens is 241 g/mol. The van der Waals surface area contributed by atoms with Crippen molar-refractivity contribution in [1.82, 2.24) is 0 Å². The fourth-order valence-corrected chi connectivity index (χ4v) is 2.68. The van der Waals surface area contributed by atoms with Gasteiger partial charge in [-0.2, -0.15) is 13.2 Å². The van der Waals surface area contributed by atoms with Crippen LogP contribution >= 0.6 is 27.7 Å². The van der Waals surface area contributed by atoms with Crippen LogP contribution in [0.15, 0.2) is 0 Å². The van der Waals surface area contributed by atoms with Crippen molar-refractivity contribution in [1.29, 1.82) is 0 Å². The summed E-state index contributed by atoms with van der Waals surface area (Å²) in [6.45, 7) is 3.18. The molecule has 0 aromatic heterocycles. The number of hydrogen-bond acceptors (Lipinski definition) is 1. The van der Waals surface area contributed by atoms with Gasteiger partial charge < -0.3 is 0 Å². The van der Waals surface area contributed by atoms with E-state index in [0.29, 0.717) is 11.8 Å². The van der Waals surface area contributed by atoms with Gasteiger partial charge in [-0.25, -0.2) is 0 Å². The highest BCUT2D eigenvalue weighted by Gasteiger charge is 2.36. The van der Waals surface area contributed by atoms with Crippen LogP contribution in [0, 0.1) is 0 Å². The van der Waals surface area contributed by atoms with Crippen LogP contribution in [0.3, 0.4) is 0 Å². The predicted octanol–water partition coefficient (Wildman–Crippen LogP) is 3.80. The van der Waals surface area contributed by atoms with Crippen LogP contribution in [0.2, 0.25) is 0 Å². The van der Waals surface area contributed by atoms with Gasteiger partial charge in [-0.05, 0) is 18.2 Å². The first-order valence-electron chi connectivity index (χ1n) is 3.10. The van der Waals surface area contributed by atoms with E-state index in [2.05, 4.69) is 15.9 Å². The lowest BCUT2D eigenvalue weighted by Crippen LogP contribution is -2.21. The van der Waals surface area contributed by atoms with E-state index in [1.165, 1.54) is 0 Å². The van der Waals surface area contributed by atoms with Gasteiger partial charge >= 0.3 is 5.51 Å². The molecule has 0 aliphatic carbocycles. The molecule has 11 heavy (non-hydrogen) atoms. The highest BCUT2D eigenvalue weighted by atomic mass is 79.9. The molecule has 5 heteroatoms. The van der Waals surface area contributed by atoms with E-state index in [1.54, 1.807) is 13.8 Å². The zero-order valence-corrected chi connectivity index (χ0v) is 8.74. The molecule has 0 saturated heterocycles. The summed E-state index contributed by atoms with van der Waals surface area (Å²) >= 11 is 3.17. The second-order valence-corrected chi connectivity index (χ2v) is 5.31. The van der Waals surface area contributed by atoms with Crippen LogP contribution in [-0.4, -0.2) is 15.6 Å². The molecule has 0 aromatic carbocycles. The summed E-state index contributed by atoms with van der Waals surface area (Å²) in [6.07, 6.45) is 0.511. The van der Waals surface area contributed by atoms with Crippen molar-refractivity contribution in [3.05, 3.63) is 0 Å². The summed E-state index contributed by atoms with van der Waals surface area (Å²) in [7, 11) is 0. The van der Waals surface area contributed by atoms with E-state index < -0.39 is 10.3 Å². The van der Waals surface area contributed by atoms with Crippen LogP contribution in [0.4, 0.5) is 13.2 Å². The lowest BCUT2D eigenvalue weighted by Gasteiger charge is -2.23. The Morgan fingerprint density at radius 2 is 1.73 bits per heavy atom. The average Bonchev–Trinajstić information content (AvgIpc) is 1.55. The van der Waals surface area contributed by atoms with E-state index in [9.17, 15) is 13.2 Å². The van der Waals surface area contributed by atoms with E-state index in [4.69, 9.17) is 0 Å². The van der Waals surface area contributed by atoms with E-state index in [-0.39, 0.29) is 11.8 Å². The van der Waals surface area contributed by atoms with Gasteiger partial charge in [-0.15, -0.1) is 0 Å². The normalized spacial score (nSPS) is 13.6. The molecule has 0 fully saturated rings. The summed E-state index contributed by atoms with van der Waals surface area (Å²) in [4.78, 5) is 0. The van der Waals surface area contributed by atoms with Gasteiger partial charge in [0.05, 0.1) is 0 Å². The van der Waals surface area contributed by atoms with Crippen LogP contribution in [0.5, 0.6) is 0 Å². The molecule has 0 aromatic rings. The maximum Gasteiger partial charge on any atom is 0.442 e. The predicted molar refractivity (Wildman–Crippen MR) is 46.1 cm³/mol. The minimum absolute atomic E-state index is 0.0536. The number of hydrogen-bond donors (Lipinski definition) is 0. The molecule has 0 N–H and O–H groups in total. The molecule has 0 bridgehead atoms. The number of alkyl halides is 4. The Balaban J connectivity index is 3.91. The molecule has 0 unspecified atom stereocenters. The van der Waals surface area contributed by atoms with Crippen molar-refractivity contribution >= 4 is 27.7 Å². The fraction of sp³-hybridized carbons (Fsp3) is 1.00. The van der Waals surface area contributed by atoms with E-state index >= 15 is 0 Å². The quantitative estimate of drug-likeness (QED) is 0.687. The lowest BCUT2D eigenvalue weighted by molar-refractivity contribution is -0.0340. The Morgan fingerprint density at radius 1 is 1.27 bits per heavy atom. The zero-order valence-electron chi connectivity index (χ0n) is 6.33. The van der Waals surface area contributed by atoms with Crippen molar-refractivity contribution in [2.75, 3.05) is 5.33 Å². The second-order valence-electron chi connectivity index (χ2n) is 2.75. The average molecular weight is 251 g/mol. The Morgan fingerprint density at radius 3 is 2.00 bits per heavy atom. The molecular formula is C6H10BrF3S. The third kappa shape index (κ3) is 7.00. The standard InChI is InChI=1S/C6H10BrF3S/c1-5(2,3-4-7)11-6(8,9)10/h3-4H2,1-2H3. The highest BCUT2D eigenvalue weighted by molar-refractivity contribution is 9.09. The monoisotopic (exact) mass is 250 g/mol. The van der Waals surface area contributed by atoms with Crippen molar-refractivity contribution in [3.8, 4) is 0 Å². The Hall–Kier alpha value is 0.620. The Kier molecular flexibility index (Phi) is 4.26. The summed E-state index contributed by atoms with van der Waals surface area (Å²) in [5.41, 5.74) is -4.12. The molecule has 0 spiro atoms. The Bertz CT molecular complexity index is 121. The molecule has 68 valence electrons. The third-order valence-electron chi connectivity index (χ3n) is 1.09. The summed E-state index contributed by atoms with van der Waals surface area (Å²) < 4.78 is 34.7. The van der Waals surface area contributed by atoms with E-state index in [0.717, 1.165) is 0 Å². The van der Waals surface area contributed by atoms with Crippen LogP contribution in [-0.2, 0) is 0 Å². The van der Waals surface area contributed by atoms with Gasteiger partial charge in [-0.3, -0.25) is 0 Å². The molecule has 0 atom stereocenters.